The Morgan fingerprint density at radius 3 is 2.80 bits per heavy atom. The minimum Gasteiger partial charge on any atom is -0.356 e. The molecule has 2 N–H and O–H groups in total. The van der Waals surface area contributed by atoms with Crippen molar-refractivity contribution >= 4 is 5.91 Å². The first kappa shape index (κ1) is 10.9. The van der Waals surface area contributed by atoms with Gasteiger partial charge in [0.25, 0.3) is 0 Å². The van der Waals surface area contributed by atoms with E-state index < -0.39 is 0 Å². The number of nitrogens with one attached hydrogen (secondary N) is 2. The normalized spacial score (nSPS) is 30.5. The fourth-order valence-corrected chi connectivity index (χ4v) is 2.36. The summed E-state index contributed by atoms with van der Waals surface area (Å²) < 4.78 is 0. The molecular formula is C12H22N2O. The number of hydrogen-bond donors (Lipinski definition) is 2. The number of rotatable bonds is 5. The van der Waals surface area contributed by atoms with Crippen molar-refractivity contribution in [2.45, 2.75) is 45.1 Å². The zero-order valence-electron chi connectivity index (χ0n) is 9.59. The third kappa shape index (κ3) is 3.20. The third-order valence-electron chi connectivity index (χ3n) is 3.65. The van der Waals surface area contributed by atoms with E-state index in [1.165, 1.54) is 19.3 Å². The van der Waals surface area contributed by atoms with Gasteiger partial charge in [0, 0.05) is 12.6 Å². The van der Waals surface area contributed by atoms with Crippen LogP contribution in [0.5, 0.6) is 0 Å². The molecule has 0 bridgehead atoms. The minimum atomic E-state index is 0.200. The fourth-order valence-electron chi connectivity index (χ4n) is 2.36. The topological polar surface area (TPSA) is 41.1 Å². The van der Waals surface area contributed by atoms with Gasteiger partial charge in [-0.15, -0.1) is 0 Å². The van der Waals surface area contributed by atoms with Crippen LogP contribution < -0.4 is 10.6 Å². The van der Waals surface area contributed by atoms with Gasteiger partial charge in [0.05, 0.1) is 5.92 Å². The van der Waals surface area contributed by atoms with Gasteiger partial charge in [0.1, 0.15) is 0 Å². The Labute approximate surface area is 92.0 Å². The first-order chi connectivity index (χ1) is 7.27. The molecule has 3 heteroatoms. The van der Waals surface area contributed by atoms with E-state index in [2.05, 4.69) is 17.6 Å². The average molecular weight is 210 g/mol. The number of carbonyl (C=O) groups excluding carboxylic acids is 1. The van der Waals surface area contributed by atoms with Crippen molar-refractivity contribution in [3.8, 4) is 0 Å². The van der Waals surface area contributed by atoms with Crippen LogP contribution in [0.3, 0.4) is 0 Å². The highest BCUT2D eigenvalue weighted by molar-refractivity contribution is 5.79. The maximum atomic E-state index is 11.8. The highest BCUT2D eigenvalue weighted by atomic mass is 16.1. The van der Waals surface area contributed by atoms with Crippen molar-refractivity contribution in [2.75, 3.05) is 13.1 Å². The van der Waals surface area contributed by atoms with Gasteiger partial charge >= 0.3 is 0 Å². The molecule has 2 unspecified atom stereocenters. The van der Waals surface area contributed by atoms with Crippen molar-refractivity contribution < 1.29 is 4.79 Å². The summed E-state index contributed by atoms with van der Waals surface area (Å²) in [5.41, 5.74) is 0. The molecule has 0 aromatic rings. The van der Waals surface area contributed by atoms with Crippen molar-refractivity contribution in [2.24, 2.45) is 11.8 Å². The largest absolute Gasteiger partial charge is 0.356 e. The predicted molar refractivity (Wildman–Crippen MR) is 60.5 cm³/mol. The molecule has 1 aliphatic heterocycles. The van der Waals surface area contributed by atoms with Gasteiger partial charge in [-0.3, -0.25) is 4.79 Å². The number of amides is 1. The van der Waals surface area contributed by atoms with Gasteiger partial charge in [-0.05, 0) is 38.6 Å². The highest BCUT2D eigenvalue weighted by Gasteiger charge is 2.29. The maximum Gasteiger partial charge on any atom is 0.224 e. The summed E-state index contributed by atoms with van der Waals surface area (Å²) >= 11 is 0. The number of hydrogen-bond acceptors (Lipinski definition) is 2. The predicted octanol–water partition coefficient (Wildman–Crippen LogP) is 1.29. The van der Waals surface area contributed by atoms with Crippen LogP contribution in [-0.4, -0.2) is 25.0 Å². The maximum absolute atomic E-state index is 11.8. The second-order valence-electron chi connectivity index (χ2n) is 5.01. The van der Waals surface area contributed by atoms with Gasteiger partial charge in [-0.25, -0.2) is 0 Å². The van der Waals surface area contributed by atoms with E-state index in [-0.39, 0.29) is 11.8 Å². The van der Waals surface area contributed by atoms with Gasteiger partial charge in [0.2, 0.25) is 5.91 Å². The van der Waals surface area contributed by atoms with Crippen LogP contribution >= 0.6 is 0 Å². The Morgan fingerprint density at radius 1 is 1.40 bits per heavy atom. The molecule has 2 atom stereocenters. The van der Waals surface area contributed by atoms with E-state index in [1.54, 1.807) is 0 Å². The van der Waals surface area contributed by atoms with Crippen LogP contribution in [0.15, 0.2) is 0 Å². The van der Waals surface area contributed by atoms with Crippen molar-refractivity contribution in [3.63, 3.8) is 0 Å². The van der Waals surface area contributed by atoms with Gasteiger partial charge in [-0.1, -0.05) is 12.8 Å². The molecule has 0 spiro atoms. The average Bonchev–Trinajstić information content (AvgIpc) is 2.94. The monoisotopic (exact) mass is 210 g/mol. The first-order valence-electron chi connectivity index (χ1n) is 6.28. The first-order valence-corrected chi connectivity index (χ1v) is 6.28. The van der Waals surface area contributed by atoms with Crippen LogP contribution in [-0.2, 0) is 4.79 Å². The summed E-state index contributed by atoms with van der Waals surface area (Å²) in [5.74, 6) is 1.43. The zero-order valence-corrected chi connectivity index (χ0v) is 9.59. The number of carbonyl (C=O) groups is 1. The fraction of sp³-hybridized carbons (Fsp3) is 0.917. The molecule has 1 saturated heterocycles. The smallest absolute Gasteiger partial charge is 0.224 e. The molecule has 0 radical (unpaired) electrons. The Balaban J connectivity index is 1.58. The molecule has 1 saturated carbocycles. The molecule has 86 valence electrons. The van der Waals surface area contributed by atoms with E-state index in [1.807, 2.05) is 0 Å². The molecule has 0 aromatic carbocycles. The van der Waals surface area contributed by atoms with Crippen molar-refractivity contribution in [1.29, 1.82) is 0 Å². The molecular weight excluding hydrogens is 188 g/mol. The molecule has 3 nitrogen and oxygen atoms in total. The second-order valence-corrected chi connectivity index (χ2v) is 5.01. The Morgan fingerprint density at radius 2 is 2.20 bits per heavy atom. The lowest BCUT2D eigenvalue weighted by Crippen LogP contribution is -2.37. The Bertz CT molecular complexity index is 226. The molecule has 15 heavy (non-hydrogen) atoms. The van der Waals surface area contributed by atoms with E-state index >= 15 is 0 Å². The second kappa shape index (κ2) is 4.97. The summed E-state index contributed by atoms with van der Waals surface area (Å²) in [6.07, 6.45) is 6.29. The van der Waals surface area contributed by atoms with Gasteiger partial charge in [-0.2, -0.15) is 0 Å². The van der Waals surface area contributed by atoms with Crippen LogP contribution in [0.1, 0.15) is 39.0 Å². The van der Waals surface area contributed by atoms with E-state index in [4.69, 9.17) is 0 Å². The van der Waals surface area contributed by atoms with Crippen molar-refractivity contribution in [1.82, 2.24) is 10.6 Å². The summed E-state index contributed by atoms with van der Waals surface area (Å²) in [6, 6.07) is 0.355. The minimum absolute atomic E-state index is 0.200. The zero-order chi connectivity index (χ0) is 10.7. The molecule has 2 fully saturated rings. The van der Waals surface area contributed by atoms with Crippen LogP contribution in [0.25, 0.3) is 0 Å². The quantitative estimate of drug-likeness (QED) is 0.671. The summed E-state index contributed by atoms with van der Waals surface area (Å²) in [4.78, 5) is 11.8. The highest BCUT2D eigenvalue weighted by Crippen LogP contribution is 2.33. The van der Waals surface area contributed by atoms with Gasteiger partial charge < -0.3 is 10.6 Å². The molecule has 2 aliphatic rings. The molecule has 1 heterocycles. The summed E-state index contributed by atoms with van der Waals surface area (Å²) in [5, 5.41) is 6.37. The lowest BCUT2D eigenvalue weighted by atomic mass is 10.0. The summed E-state index contributed by atoms with van der Waals surface area (Å²) in [6.45, 7) is 3.96. The SMILES string of the molecule is CC1NCCC1C(=O)NCCCC1CC1. The lowest BCUT2D eigenvalue weighted by molar-refractivity contribution is -0.125. The molecule has 1 aliphatic carbocycles. The van der Waals surface area contributed by atoms with Crippen LogP contribution in [0.2, 0.25) is 0 Å². The molecule has 0 aromatic heterocycles. The Hall–Kier alpha value is -0.570. The lowest BCUT2D eigenvalue weighted by Gasteiger charge is -2.14. The summed E-state index contributed by atoms with van der Waals surface area (Å²) in [7, 11) is 0. The van der Waals surface area contributed by atoms with Crippen LogP contribution in [0.4, 0.5) is 0 Å². The van der Waals surface area contributed by atoms with Crippen LogP contribution in [0, 0.1) is 11.8 Å². The standard InChI is InChI=1S/C12H22N2O/c1-9-11(6-8-13-9)12(15)14-7-2-3-10-4-5-10/h9-11,13H,2-8H2,1H3,(H,14,15). The van der Waals surface area contributed by atoms with Gasteiger partial charge in [0.15, 0.2) is 0 Å². The van der Waals surface area contributed by atoms with E-state index in [0.717, 1.165) is 31.8 Å². The van der Waals surface area contributed by atoms with Crippen molar-refractivity contribution in [3.05, 3.63) is 0 Å². The van der Waals surface area contributed by atoms with E-state index in [9.17, 15) is 4.79 Å². The third-order valence-corrected chi connectivity index (χ3v) is 3.65. The van der Waals surface area contributed by atoms with E-state index in [0.29, 0.717) is 6.04 Å². The Kier molecular flexibility index (Phi) is 3.62. The molecule has 1 amide bonds. The molecule has 2 rings (SSSR count).